The van der Waals surface area contributed by atoms with Crippen LogP contribution in [-0.4, -0.2) is 88.7 Å². The zero-order chi connectivity index (χ0) is 28.0. The minimum absolute atomic E-state index is 0.134. The largest absolute Gasteiger partial charge is 0.412 e. The molecule has 1 saturated heterocycles. The summed E-state index contributed by atoms with van der Waals surface area (Å²) >= 11 is 0. The van der Waals surface area contributed by atoms with E-state index in [9.17, 15) is 14.4 Å². The summed E-state index contributed by atoms with van der Waals surface area (Å²) in [5, 5.41) is 8.93. The summed E-state index contributed by atoms with van der Waals surface area (Å²) in [5.41, 5.74) is 0.485. The van der Waals surface area contributed by atoms with Gasteiger partial charge in [0, 0.05) is 56.3 Å². The molecule has 3 N–H and O–H groups in total. The summed E-state index contributed by atoms with van der Waals surface area (Å²) in [5.74, 6) is 1.57. The fourth-order valence-electron chi connectivity index (χ4n) is 3.56. The quantitative estimate of drug-likeness (QED) is 0.146. The van der Waals surface area contributed by atoms with E-state index < -0.39 is 6.09 Å². The van der Waals surface area contributed by atoms with Crippen molar-refractivity contribution in [3.8, 4) is 5.75 Å². The Labute approximate surface area is 239 Å². The Hall–Kier alpha value is -1.99. The number of ether oxygens (including phenoxy) is 4. The lowest BCUT2D eigenvalue weighted by molar-refractivity contribution is -0.121. The number of rotatable bonds is 21. The lowest BCUT2D eigenvalue weighted by Gasteiger charge is -2.09. The van der Waals surface area contributed by atoms with E-state index in [-0.39, 0.29) is 11.8 Å². The molecule has 1 aromatic carbocycles. The number of unbranched alkanes of at least 4 members (excludes halogenated alkanes) is 1. The Bertz CT molecular complexity index is 824. The minimum Gasteiger partial charge on any atom is -0.410 e. The average Bonchev–Trinajstić information content (AvgIpc) is 3.47. The van der Waals surface area contributed by atoms with Crippen molar-refractivity contribution in [2.24, 2.45) is 0 Å². The molecule has 0 aromatic heterocycles. The molecule has 0 spiro atoms. The predicted molar refractivity (Wildman–Crippen MR) is 155 cm³/mol. The van der Waals surface area contributed by atoms with Gasteiger partial charge < -0.3 is 34.9 Å². The van der Waals surface area contributed by atoms with Crippen molar-refractivity contribution in [3.63, 3.8) is 0 Å². The minimum atomic E-state index is -0.562. The monoisotopic (exact) mass is 585 g/mol. The summed E-state index contributed by atoms with van der Waals surface area (Å²) in [6.07, 6.45) is 6.16. The van der Waals surface area contributed by atoms with Gasteiger partial charge >= 0.3 is 6.09 Å². The maximum Gasteiger partial charge on any atom is 0.412 e. The molecule has 0 saturated carbocycles. The van der Waals surface area contributed by atoms with Crippen LogP contribution in [0.25, 0.3) is 0 Å². The standard InChI is InChI=1S/C27H43N3O7S2/c1-28-27(33)37-23-10-8-22(9-11-23)26(32)30-14-5-16-35-18-20-36-19-17-34-15-4-13-29-25(31)7-3-2-6-24-12-21-38-39-24/h8-11,24H,2-7,12-21H2,1H3,(H,28,33)(H,29,31)(H,30,32). The Kier molecular flexibility index (Phi) is 18.6. The van der Waals surface area contributed by atoms with Crippen molar-refractivity contribution in [2.75, 3.05) is 65.5 Å². The number of amides is 3. The van der Waals surface area contributed by atoms with Crippen LogP contribution in [0, 0.1) is 0 Å². The van der Waals surface area contributed by atoms with E-state index in [1.807, 2.05) is 21.6 Å². The van der Waals surface area contributed by atoms with Crippen molar-refractivity contribution in [1.29, 1.82) is 0 Å². The van der Waals surface area contributed by atoms with Crippen LogP contribution >= 0.6 is 21.6 Å². The molecule has 0 aliphatic carbocycles. The molecule has 2 rings (SSSR count). The van der Waals surface area contributed by atoms with E-state index in [0.29, 0.717) is 76.9 Å². The highest BCUT2D eigenvalue weighted by Crippen LogP contribution is 2.39. The van der Waals surface area contributed by atoms with E-state index in [2.05, 4.69) is 16.0 Å². The van der Waals surface area contributed by atoms with E-state index in [4.69, 9.17) is 18.9 Å². The van der Waals surface area contributed by atoms with Gasteiger partial charge in [-0.25, -0.2) is 4.79 Å². The van der Waals surface area contributed by atoms with Crippen LogP contribution in [0.4, 0.5) is 4.79 Å². The first-order chi connectivity index (χ1) is 19.1. The van der Waals surface area contributed by atoms with Crippen molar-refractivity contribution in [2.45, 2.75) is 50.2 Å². The maximum atomic E-state index is 12.1. The van der Waals surface area contributed by atoms with Crippen LogP contribution in [0.2, 0.25) is 0 Å². The molecule has 1 aliphatic rings. The normalized spacial score (nSPS) is 14.6. The van der Waals surface area contributed by atoms with Crippen molar-refractivity contribution < 1.29 is 33.3 Å². The SMILES string of the molecule is CNC(=O)Oc1ccc(C(=O)NCCCOCCOCCOCCCNC(=O)CCCCC2CCSS2)cc1. The highest BCUT2D eigenvalue weighted by Gasteiger charge is 2.15. The van der Waals surface area contributed by atoms with Gasteiger partial charge in [-0.15, -0.1) is 0 Å². The second-order valence-corrected chi connectivity index (χ2v) is 11.7. The molecule has 3 amide bonds. The molecule has 1 fully saturated rings. The van der Waals surface area contributed by atoms with Gasteiger partial charge in [0.15, 0.2) is 0 Å². The van der Waals surface area contributed by atoms with Gasteiger partial charge in [-0.2, -0.15) is 0 Å². The Balaban J connectivity index is 1.29. The average molecular weight is 586 g/mol. The molecule has 1 aliphatic heterocycles. The van der Waals surface area contributed by atoms with Crippen LogP contribution in [-0.2, 0) is 19.0 Å². The first-order valence-electron chi connectivity index (χ1n) is 13.6. The number of hydrogen-bond acceptors (Lipinski definition) is 9. The number of benzene rings is 1. The zero-order valence-electron chi connectivity index (χ0n) is 22.9. The van der Waals surface area contributed by atoms with Gasteiger partial charge in [0.2, 0.25) is 5.91 Å². The van der Waals surface area contributed by atoms with Crippen molar-refractivity contribution >= 4 is 39.5 Å². The molecular weight excluding hydrogens is 542 g/mol. The first kappa shape index (κ1) is 33.2. The van der Waals surface area contributed by atoms with Gasteiger partial charge in [-0.05, 0) is 56.4 Å². The topological polar surface area (TPSA) is 124 Å². The number of carbonyl (C=O) groups excluding carboxylic acids is 3. The molecule has 220 valence electrons. The van der Waals surface area contributed by atoms with Crippen LogP contribution in [0.3, 0.4) is 0 Å². The lowest BCUT2D eigenvalue weighted by atomic mass is 10.1. The van der Waals surface area contributed by atoms with Gasteiger partial charge in [0.25, 0.3) is 5.91 Å². The van der Waals surface area contributed by atoms with Gasteiger partial charge in [0.05, 0.1) is 26.4 Å². The Morgan fingerprint density at radius 2 is 1.49 bits per heavy atom. The fourth-order valence-corrected chi connectivity index (χ4v) is 6.59. The van der Waals surface area contributed by atoms with Crippen LogP contribution in [0.15, 0.2) is 24.3 Å². The second kappa shape index (κ2) is 21.8. The third-order valence-electron chi connectivity index (χ3n) is 5.72. The Morgan fingerprint density at radius 1 is 0.846 bits per heavy atom. The lowest BCUT2D eigenvalue weighted by Crippen LogP contribution is -2.25. The van der Waals surface area contributed by atoms with E-state index >= 15 is 0 Å². The fraction of sp³-hybridized carbons (Fsp3) is 0.667. The Morgan fingerprint density at radius 3 is 2.10 bits per heavy atom. The molecule has 1 heterocycles. The van der Waals surface area contributed by atoms with Crippen LogP contribution < -0.4 is 20.7 Å². The highest BCUT2D eigenvalue weighted by molar-refractivity contribution is 8.77. The van der Waals surface area contributed by atoms with Gasteiger partial charge in [-0.1, -0.05) is 28.0 Å². The summed E-state index contributed by atoms with van der Waals surface area (Å²) in [7, 11) is 5.44. The second-order valence-electron chi connectivity index (χ2n) is 8.89. The van der Waals surface area contributed by atoms with Crippen molar-refractivity contribution in [3.05, 3.63) is 29.8 Å². The van der Waals surface area contributed by atoms with E-state index in [1.54, 1.807) is 24.3 Å². The first-order valence-corrected chi connectivity index (χ1v) is 16.0. The van der Waals surface area contributed by atoms with Crippen LogP contribution in [0.5, 0.6) is 5.75 Å². The highest BCUT2D eigenvalue weighted by atomic mass is 33.1. The van der Waals surface area contributed by atoms with Gasteiger partial charge in [-0.3, -0.25) is 9.59 Å². The van der Waals surface area contributed by atoms with Crippen molar-refractivity contribution in [1.82, 2.24) is 16.0 Å². The molecule has 0 bridgehead atoms. The molecule has 0 radical (unpaired) electrons. The molecular formula is C27H43N3O7S2. The number of nitrogens with one attached hydrogen (secondary N) is 3. The maximum absolute atomic E-state index is 12.1. The molecule has 1 atom stereocenters. The number of carbonyl (C=O) groups is 3. The zero-order valence-corrected chi connectivity index (χ0v) is 24.5. The molecule has 39 heavy (non-hydrogen) atoms. The molecule has 1 unspecified atom stereocenters. The molecule has 10 nitrogen and oxygen atoms in total. The summed E-state index contributed by atoms with van der Waals surface area (Å²) in [6, 6.07) is 6.33. The van der Waals surface area contributed by atoms with Crippen LogP contribution in [0.1, 0.15) is 55.3 Å². The summed E-state index contributed by atoms with van der Waals surface area (Å²) < 4.78 is 21.5. The third kappa shape index (κ3) is 16.7. The summed E-state index contributed by atoms with van der Waals surface area (Å²) in [6.45, 7) is 4.21. The van der Waals surface area contributed by atoms with Gasteiger partial charge in [0.1, 0.15) is 5.75 Å². The predicted octanol–water partition coefficient (Wildman–Crippen LogP) is 3.79. The molecule has 12 heteroatoms. The third-order valence-corrected chi connectivity index (χ3v) is 8.73. The van der Waals surface area contributed by atoms with E-state index in [0.717, 1.165) is 24.5 Å². The molecule has 1 aromatic rings. The number of hydrogen-bond donors (Lipinski definition) is 3. The summed E-state index contributed by atoms with van der Waals surface area (Å²) in [4.78, 5) is 35.2. The van der Waals surface area contributed by atoms with E-state index in [1.165, 1.54) is 25.6 Å². The smallest absolute Gasteiger partial charge is 0.410 e.